The zero-order valence-corrected chi connectivity index (χ0v) is 18.8. The summed E-state index contributed by atoms with van der Waals surface area (Å²) in [6, 6.07) is 11.3. The fourth-order valence-electron chi connectivity index (χ4n) is 2.48. The SMILES string of the molecule is COc1cc(CNCCCOC(C)C)ccc1OCc1ccc(Cl)cc1Cl.Cl. The van der Waals surface area contributed by atoms with Crippen molar-refractivity contribution in [3.05, 3.63) is 57.6 Å². The lowest BCUT2D eigenvalue weighted by Gasteiger charge is -2.13. The Labute approximate surface area is 183 Å². The predicted octanol–water partition coefficient (Wildman–Crippen LogP) is 5.91. The van der Waals surface area contributed by atoms with E-state index in [2.05, 4.69) is 5.32 Å². The minimum absolute atomic E-state index is 0. The molecule has 0 unspecified atom stereocenters. The van der Waals surface area contributed by atoms with Gasteiger partial charge in [-0.15, -0.1) is 12.4 Å². The van der Waals surface area contributed by atoms with Gasteiger partial charge in [-0.3, -0.25) is 0 Å². The average molecular weight is 449 g/mol. The fraction of sp³-hybridized carbons (Fsp3) is 0.429. The van der Waals surface area contributed by atoms with Gasteiger partial charge >= 0.3 is 0 Å². The molecule has 7 heteroatoms. The van der Waals surface area contributed by atoms with Crippen molar-refractivity contribution in [3.63, 3.8) is 0 Å². The second-order valence-electron chi connectivity index (χ2n) is 6.46. The molecule has 0 saturated carbocycles. The molecule has 0 spiro atoms. The summed E-state index contributed by atoms with van der Waals surface area (Å²) >= 11 is 12.1. The van der Waals surface area contributed by atoms with Gasteiger partial charge in [0.15, 0.2) is 11.5 Å². The number of ether oxygens (including phenoxy) is 3. The molecule has 28 heavy (non-hydrogen) atoms. The van der Waals surface area contributed by atoms with Crippen molar-refractivity contribution in [3.8, 4) is 11.5 Å². The highest BCUT2D eigenvalue weighted by Gasteiger charge is 2.08. The second-order valence-corrected chi connectivity index (χ2v) is 7.30. The van der Waals surface area contributed by atoms with E-state index in [0.717, 1.165) is 37.2 Å². The molecule has 2 rings (SSSR count). The molecule has 156 valence electrons. The Morgan fingerprint density at radius 1 is 1.04 bits per heavy atom. The highest BCUT2D eigenvalue weighted by molar-refractivity contribution is 6.35. The van der Waals surface area contributed by atoms with E-state index < -0.39 is 0 Å². The van der Waals surface area contributed by atoms with Crippen LogP contribution in [0.25, 0.3) is 0 Å². The molecular formula is C21H28Cl3NO3. The van der Waals surface area contributed by atoms with E-state index in [4.69, 9.17) is 37.4 Å². The van der Waals surface area contributed by atoms with Gasteiger partial charge in [0.05, 0.1) is 13.2 Å². The lowest BCUT2D eigenvalue weighted by atomic mass is 10.2. The largest absolute Gasteiger partial charge is 0.493 e. The molecule has 1 N–H and O–H groups in total. The summed E-state index contributed by atoms with van der Waals surface area (Å²) in [5, 5.41) is 4.60. The minimum atomic E-state index is 0. The highest BCUT2D eigenvalue weighted by Crippen LogP contribution is 2.30. The van der Waals surface area contributed by atoms with Gasteiger partial charge in [-0.05, 0) is 56.6 Å². The zero-order valence-electron chi connectivity index (χ0n) is 16.5. The molecule has 0 aliphatic heterocycles. The van der Waals surface area contributed by atoms with Crippen molar-refractivity contribution in [1.29, 1.82) is 0 Å². The first-order chi connectivity index (χ1) is 13.0. The summed E-state index contributed by atoms with van der Waals surface area (Å²) in [4.78, 5) is 0. The van der Waals surface area contributed by atoms with Crippen LogP contribution in [0.4, 0.5) is 0 Å². The Balaban J connectivity index is 0.00000392. The Bertz CT molecular complexity index is 726. The van der Waals surface area contributed by atoms with Gasteiger partial charge in [-0.2, -0.15) is 0 Å². The molecule has 0 aliphatic carbocycles. The summed E-state index contributed by atoms with van der Waals surface area (Å²) in [7, 11) is 1.64. The van der Waals surface area contributed by atoms with Crippen LogP contribution in [-0.4, -0.2) is 26.4 Å². The monoisotopic (exact) mass is 447 g/mol. The van der Waals surface area contributed by atoms with Crippen LogP contribution < -0.4 is 14.8 Å². The molecule has 2 aromatic rings. The van der Waals surface area contributed by atoms with Crippen LogP contribution in [0.1, 0.15) is 31.4 Å². The molecule has 0 amide bonds. The summed E-state index contributed by atoms with van der Waals surface area (Å²) < 4.78 is 16.9. The van der Waals surface area contributed by atoms with Crippen molar-refractivity contribution in [2.24, 2.45) is 0 Å². The molecule has 0 bridgehead atoms. The standard InChI is InChI=1S/C21H27Cl2NO3.ClH/c1-15(2)26-10-4-9-24-13-16-5-8-20(21(11-16)25-3)27-14-17-6-7-18(22)12-19(17)23;/h5-8,11-12,15,24H,4,9-10,13-14H2,1-3H3;1H. The van der Waals surface area contributed by atoms with Crippen LogP contribution in [0.3, 0.4) is 0 Å². The van der Waals surface area contributed by atoms with E-state index in [1.54, 1.807) is 19.2 Å². The van der Waals surface area contributed by atoms with E-state index in [9.17, 15) is 0 Å². The van der Waals surface area contributed by atoms with E-state index in [1.165, 1.54) is 0 Å². The van der Waals surface area contributed by atoms with E-state index >= 15 is 0 Å². The molecule has 0 aromatic heterocycles. The third-order valence-corrected chi connectivity index (χ3v) is 4.49. The molecule has 0 aliphatic rings. The van der Waals surface area contributed by atoms with Gasteiger partial charge in [0.2, 0.25) is 0 Å². The highest BCUT2D eigenvalue weighted by atomic mass is 35.5. The topological polar surface area (TPSA) is 39.7 Å². The van der Waals surface area contributed by atoms with Crippen LogP contribution in [0.15, 0.2) is 36.4 Å². The van der Waals surface area contributed by atoms with Crippen molar-refractivity contribution in [2.75, 3.05) is 20.3 Å². The van der Waals surface area contributed by atoms with E-state index in [-0.39, 0.29) is 18.5 Å². The number of nitrogens with one attached hydrogen (secondary N) is 1. The Morgan fingerprint density at radius 2 is 1.82 bits per heavy atom. The molecule has 0 saturated heterocycles. The summed E-state index contributed by atoms with van der Waals surface area (Å²) in [5.41, 5.74) is 2.01. The van der Waals surface area contributed by atoms with Crippen molar-refractivity contribution in [1.82, 2.24) is 5.32 Å². The maximum atomic E-state index is 6.19. The first kappa shape index (κ1) is 24.9. The zero-order chi connectivity index (χ0) is 19.6. The van der Waals surface area contributed by atoms with Crippen molar-refractivity contribution in [2.45, 2.75) is 39.5 Å². The average Bonchev–Trinajstić information content (AvgIpc) is 2.64. The van der Waals surface area contributed by atoms with Crippen molar-refractivity contribution < 1.29 is 14.2 Å². The molecule has 0 atom stereocenters. The summed E-state index contributed by atoms with van der Waals surface area (Å²) in [5.74, 6) is 1.38. The quantitative estimate of drug-likeness (QED) is 0.434. The summed E-state index contributed by atoms with van der Waals surface area (Å²) in [6.45, 7) is 6.88. The maximum Gasteiger partial charge on any atom is 0.161 e. The molecule has 0 fully saturated rings. The minimum Gasteiger partial charge on any atom is -0.493 e. The fourth-order valence-corrected chi connectivity index (χ4v) is 2.95. The molecular weight excluding hydrogens is 421 g/mol. The molecule has 0 heterocycles. The summed E-state index contributed by atoms with van der Waals surface area (Å²) in [6.07, 6.45) is 1.27. The molecule has 0 radical (unpaired) electrons. The first-order valence-electron chi connectivity index (χ1n) is 9.05. The van der Waals surface area contributed by atoms with Gasteiger partial charge in [-0.25, -0.2) is 0 Å². The first-order valence-corrected chi connectivity index (χ1v) is 9.81. The number of halogens is 3. The number of hydrogen-bond acceptors (Lipinski definition) is 4. The second kappa shape index (κ2) is 13.1. The third-order valence-electron chi connectivity index (χ3n) is 3.90. The molecule has 2 aromatic carbocycles. The normalized spacial score (nSPS) is 10.6. The smallest absolute Gasteiger partial charge is 0.161 e. The maximum absolute atomic E-state index is 6.19. The van der Waals surface area contributed by atoms with Crippen LogP contribution in [0.5, 0.6) is 11.5 Å². The van der Waals surface area contributed by atoms with Crippen molar-refractivity contribution >= 4 is 35.6 Å². The van der Waals surface area contributed by atoms with Gasteiger partial charge < -0.3 is 19.5 Å². The van der Waals surface area contributed by atoms with Crippen LogP contribution >= 0.6 is 35.6 Å². The number of hydrogen-bond donors (Lipinski definition) is 1. The number of benzene rings is 2. The molecule has 4 nitrogen and oxygen atoms in total. The Kier molecular flexibility index (Phi) is 11.7. The van der Waals surface area contributed by atoms with Gasteiger partial charge in [0.1, 0.15) is 6.61 Å². The number of methoxy groups -OCH3 is 1. The van der Waals surface area contributed by atoms with E-state index in [1.807, 2.05) is 38.1 Å². The van der Waals surface area contributed by atoms with Crippen LogP contribution in [-0.2, 0) is 17.9 Å². The van der Waals surface area contributed by atoms with E-state index in [0.29, 0.717) is 28.2 Å². The predicted molar refractivity (Wildman–Crippen MR) is 118 cm³/mol. The van der Waals surface area contributed by atoms with Crippen LogP contribution in [0, 0.1) is 0 Å². The van der Waals surface area contributed by atoms with Gasteiger partial charge in [-0.1, -0.05) is 35.3 Å². The third kappa shape index (κ3) is 8.46. The Morgan fingerprint density at radius 3 is 2.50 bits per heavy atom. The number of rotatable bonds is 11. The lowest BCUT2D eigenvalue weighted by molar-refractivity contribution is 0.0770. The van der Waals surface area contributed by atoms with Gasteiger partial charge in [0.25, 0.3) is 0 Å². The Hall–Kier alpha value is -1.17. The van der Waals surface area contributed by atoms with Gasteiger partial charge in [0, 0.05) is 28.8 Å². The lowest BCUT2D eigenvalue weighted by Crippen LogP contribution is -2.17. The van der Waals surface area contributed by atoms with Crippen LogP contribution in [0.2, 0.25) is 10.0 Å².